The fourth-order valence-corrected chi connectivity index (χ4v) is 7.60. The molecule has 3 atom stereocenters. The monoisotopic (exact) mass is 775 g/mol. The molecule has 3 aromatic carbocycles. The van der Waals surface area contributed by atoms with Crippen molar-refractivity contribution in [1.82, 2.24) is 35.3 Å². The van der Waals surface area contributed by atoms with E-state index < -0.39 is 23.3 Å². The number of halogens is 2. The topological polar surface area (TPSA) is 113 Å². The third-order valence-electron chi connectivity index (χ3n) is 10.3. The van der Waals surface area contributed by atoms with E-state index in [1.807, 2.05) is 95.8 Å². The number of nitrogens with one attached hydrogen (secondary N) is 3. The fourth-order valence-electron chi connectivity index (χ4n) is 7.32. The van der Waals surface area contributed by atoms with Gasteiger partial charge < -0.3 is 34.9 Å². The summed E-state index contributed by atoms with van der Waals surface area (Å²) in [7, 11) is 6.06. The maximum Gasteiger partial charge on any atom is 0.245 e. The molecule has 4 aromatic rings. The van der Waals surface area contributed by atoms with Gasteiger partial charge in [0, 0.05) is 41.3 Å². The van der Waals surface area contributed by atoms with Crippen LogP contribution in [0.2, 0.25) is 10.0 Å². The van der Waals surface area contributed by atoms with Gasteiger partial charge in [-0.15, -0.1) is 0 Å². The number of imidazole rings is 1. The first kappa shape index (κ1) is 39.7. The Morgan fingerprint density at radius 2 is 1.80 bits per heavy atom. The van der Waals surface area contributed by atoms with E-state index in [2.05, 4.69) is 30.4 Å². The van der Waals surface area contributed by atoms with Crippen molar-refractivity contribution in [2.75, 3.05) is 33.8 Å². The molecule has 11 nitrogen and oxygen atoms in total. The number of nitrogens with zero attached hydrogens (tertiary/aromatic N) is 4. The van der Waals surface area contributed by atoms with Gasteiger partial charge in [-0.1, -0.05) is 41.4 Å². The molecule has 2 aliphatic rings. The highest BCUT2D eigenvalue weighted by atomic mass is 35.5. The lowest BCUT2D eigenvalue weighted by molar-refractivity contribution is -0.151. The van der Waals surface area contributed by atoms with Crippen LogP contribution in [0.5, 0.6) is 11.5 Å². The Labute approximate surface area is 328 Å². The van der Waals surface area contributed by atoms with Crippen LogP contribution in [0, 0.1) is 0 Å². The predicted octanol–water partition coefficient (Wildman–Crippen LogP) is 6.17. The number of ether oxygens (including phenoxy) is 2. The van der Waals surface area contributed by atoms with Crippen LogP contribution in [0.3, 0.4) is 0 Å². The molecule has 288 valence electrons. The van der Waals surface area contributed by atoms with Crippen molar-refractivity contribution in [3.63, 3.8) is 0 Å². The Hall–Kier alpha value is -3.97. The van der Waals surface area contributed by atoms with Gasteiger partial charge >= 0.3 is 0 Å². The normalized spacial score (nSPS) is 20.2. The summed E-state index contributed by atoms with van der Waals surface area (Å²) < 4.78 is 14.5. The van der Waals surface area contributed by atoms with Gasteiger partial charge in [0.25, 0.3) is 0 Å². The van der Waals surface area contributed by atoms with Gasteiger partial charge in [-0.05, 0) is 115 Å². The summed E-state index contributed by atoms with van der Waals surface area (Å²) in [4.78, 5) is 36.5. The van der Waals surface area contributed by atoms with Gasteiger partial charge in [0.1, 0.15) is 29.1 Å². The van der Waals surface area contributed by atoms with E-state index in [9.17, 15) is 9.59 Å². The third-order valence-corrected chi connectivity index (χ3v) is 10.7. The van der Waals surface area contributed by atoms with E-state index in [1.165, 1.54) is 0 Å². The molecule has 2 fully saturated rings. The summed E-state index contributed by atoms with van der Waals surface area (Å²) in [6.45, 7) is 8.14. The molecule has 6 rings (SSSR count). The average molecular weight is 777 g/mol. The Morgan fingerprint density at radius 1 is 1.07 bits per heavy atom. The van der Waals surface area contributed by atoms with Crippen molar-refractivity contribution >= 4 is 35.0 Å². The molecule has 2 aliphatic heterocycles. The van der Waals surface area contributed by atoms with Crippen LogP contribution < -0.4 is 20.7 Å². The number of carbonyl (C=O) groups excluding carboxylic acids is 2. The van der Waals surface area contributed by atoms with Crippen LogP contribution in [0.4, 0.5) is 0 Å². The number of hydrogen-bond acceptors (Lipinski definition) is 8. The van der Waals surface area contributed by atoms with E-state index in [4.69, 9.17) is 32.7 Å². The Kier molecular flexibility index (Phi) is 12.4. The zero-order valence-corrected chi connectivity index (χ0v) is 33.4. The maximum atomic E-state index is 14.2. The molecule has 0 radical (unpaired) electrons. The third kappa shape index (κ3) is 9.27. The van der Waals surface area contributed by atoms with Crippen LogP contribution in [-0.4, -0.2) is 88.3 Å². The lowest BCUT2D eigenvalue weighted by Crippen LogP contribution is -2.64. The molecule has 1 aromatic heterocycles. The molecular weight excluding hydrogens is 725 g/mol. The SMILES string of the molecule is C[C@H](NCc1ccc(Cl)cc1Oc1ccc(-c2cnc(CN(C)C)n2C)cc1)C(=O)N1[C@H](C(=O)NC2(Cc3ccc(Cl)cc3)CCCNC2)COC1(C)C. The van der Waals surface area contributed by atoms with E-state index >= 15 is 0 Å². The predicted molar refractivity (Wildman–Crippen MR) is 213 cm³/mol. The van der Waals surface area contributed by atoms with Crippen molar-refractivity contribution in [2.45, 2.75) is 76.5 Å². The number of rotatable bonds is 13. The first-order chi connectivity index (χ1) is 25.7. The highest BCUT2D eigenvalue weighted by molar-refractivity contribution is 6.31. The number of aromatic nitrogens is 2. The molecule has 0 aliphatic carbocycles. The van der Waals surface area contributed by atoms with Crippen LogP contribution in [0.1, 0.15) is 50.6 Å². The highest BCUT2D eigenvalue weighted by Gasteiger charge is 2.49. The lowest BCUT2D eigenvalue weighted by atomic mass is 9.83. The van der Waals surface area contributed by atoms with Crippen LogP contribution in [0.25, 0.3) is 11.3 Å². The summed E-state index contributed by atoms with van der Waals surface area (Å²) in [6, 6.07) is 19.6. The summed E-state index contributed by atoms with van der Waals surface area (Å²) >= 11 is 12.6. The van der Waals surface area contributed by atoms with E-state index in [0.717, 1.165) is 54.1 Å². The smallest absolute Gasteiger partial charge is 0.245 e. The van der Waals surface area contributed by atoms with Crippen LogP contribution >= 0.6 is 23.2 Å². The molecule has 3 heterocycles. The van der Waals surface area contributed by atoms with Crippen molar-refractivity contribution in [1.29, 1.82) is 0 Å². The molecule has 0 bridgehead atoms. The molecule has 2 amide bonds. The van der Waals surface area contributed by atoms with Gasteiger partial charge in [0.05, 0.1) is 36.6 Å². The van der Waals surface area contributed by atoms with Crippen molar-refractivity contribution < 1.29 is 19.1 Å². The van der Waals surface area contributed by atoms with Gasteiger partial charge in [0.2, 0.25) is 11.8 Å². The molecule has 54 heavy (non-hydrogen) atoms. The first-order valence-corrected chi connectivity index (χ1v) is 19.2. The number of piperidine rings is 1. The number of carbonyl (C=O) groups is 2. The fraction of sp³-hybridized carbons (Fsp3) is 0.439. The van der Waals surface area contributed by atoms with Gasteiger partial charge in [-0.2, -0.15) is 0 Å². The quantitative estimate of drug-likeness (QED) is 0.148. The minimum Gasteiger partial charge on any atom is -0.457 e. The van der Waals surface area contributed by atoms with Crippen LogP contribution in [-0.2, 0) is 40.9 Å². The van der Waals surface area contributed by atoms with Gasteiger partial charge in [-0.25, -0.2) is 4.98 Å². The molecule has 0 saturated carbocycles. The van der Waals surface area contributed by atoms with Crippen molar-refractivity contribution in [3.05, 3.63) is 99.9 Å². The Bertz CT molecular complexity index is 1920. The van der Waals surface area contributed by atoms with E-state index in [0.29, 0.717) is 41.1 Å². The zero-order valence-electron chi connectivity index (χ0n) is 31.9. The lowest BCUT2D eigenvalue weighted by Gasteiger charge is -2.41. The van der Waals surface area contributed by atoms with Crippen molar-refractivity contribution in [3.8, 4) is 22.8 Å². The standard InChI is InChI=1S/C41H51Cl2N7O4/c1-27(39(52)50-35(25-53-40(50,2)3)38(51)47-41(18-7-19-44-26-41)21-28-8-13-31(42)14-9-28)45-22-30-10-15-32(43)20-36(30)54-33-16-11-29(12-17-33)34-23-46-37(49(34)6)24-48(4)5/h8-17,20,23,27,35,44-45H,7,18-19,21-22,24-26H2,1-6H3,(H,47,51)/t27-,35-,41?/m0/s1. The van der Waals surface area contributed by atoms with Crippen LogP contribution in [0.15, 0.2) is 72.9 Å². The molecular formula is C41H51Cl2N7O4. The highest BCUT2D eigenvalue weighted by Crippen LogP contribution is 2.33. The number of benzene rings is 3. The number of hydrogen-bond donors (Lipinski definition) is 3. The Morgan fingerprint density at radius 3 is 2.48 bits per heavy atom. The second kappa shape index (κ2) is 16.8. The summed E-state index contributed by atoms with van der Waals surface area (Å²) in [6.07, 6.45) is 4.27. The second-order valence-electron chi connectivity index (χ2n) is 15.2. The van der Waals surface area contributed by atoms with E-state index in [-0.39, 0.29) is 18.4 Å². The molecule has 13 heteroatoms. The molecule has 0 spiro atoms. The van der Waals surface area contributed by atoms with E-state index in [1.54, 1.807) is 24.0 Å². The largest absolute Gasteiger partial charge is 0.457 e. The van der Waals surface area contributed by atoms with Gasteiger partial charge in [-0.3, -0.25) is 14.5 Å². The van der Waals surface area contributed by atoms with Crippen molar-refractivity contribution in [2.24, 2.45) is 7.05 Å². The summed E-state index contributed by atoms with van der Waals surface area (Å²) in [5.74, 6) is 1.74. The minimum absolute atomic E-state index is 0.105. The molecule has 2 saturated heterocycles. The molecule has 1 unspecified atom stereocenters. The average Bonchev–Trinajstić information content (AvgIpc) is 3.66. The summed E-state index contributed by atoms with van der Waals surface area (Å²) in [5, 5.41) is 11.4. The first-order valence-electron chi connectivity index (χ1n) is 18.4. The number of amides is 2. The van der Waals surface area contributed by atoms with Gasteiger partial charge in [0.15, 0.2) is 0 Å². The Balaban J connectivity index is 1.12. The maximum absolute atomic E-state index is 14.2. The summed E-state index contributed by atoms with van der Waals surface area (Å²) in [5.41, 5.74) is 2.46. The zero-order chi connectivity index (χ0) is 38.6. The second-order valence-corrected chi connectivity index (χ2v) is 16.0. The minimum atomic E-state index is -0.979. The molecule has 3 N–H and O–H groups in total.